The van der Waals surface area contributed by atoms with E-state index in [0.29, 0.717) is 11.4 Å². The van der Waals surface area contributed by atoms with Gasteiger partial charge in [0.1, 0.15) is 11.6 Å². The Hall–Kier alpha value is -3.10. The monoisotopic (exact) mass is 434 g/mol. The number of amides is 1. The Labute approximate surface area is 172 Å². The Morgan fingerprint density at radius 3 is 2.41 bits per heavy atom. The molecule has 2 N–H and O–H groups in total. The molecule has 0 heterocycles. The summed E-state index contributed by atoms with van der Waals surface area (Å²) < 4.78 is 45.7. The van der Waals surface area contributed by atoms with Crippen LogP contribution in [-0.4, -0.2) is 21.4 Å². The van der Waals surface area contributed by atoms with E-state index in [1.165, 1.54) is 37.4 Å². The van der Waals surface area contributed by atoms with Crippen LogP contribution < -0.4 is 14.8 Å². The molecule has 0 unspecified atom stereocenters. The minimum absolute atomic E-state index is 0.0172. The number of rotatable bonds is 6. The number of benzene rings is 3. The lowest BCUT2D eigenvalue weighted by Gasteiger charge is -2.11. The zero-order valence-electron chi connectivity index (χ0n) is 15.1. The van der Waals surface area contributed by atoms with Gasteiger partial charge in [-0.2, -0.15) is 0 Å². The number of nitrogens with one attached hydrogen (secondary N) is 2. The molecule has 3 aromatic carbocycles. The lowest BCUT2D eigenvalue weighted by atomic mass is 10.2. The standard InChI is InChI=1S/C20H16ClFN2O4S/c1-28-16-4-2-3-15(11-16)23-20(25)18-12-17(9-10-19(18)21)29(26,27)24-14-7-5-13(22)6-8-14/h2-12,24H,1H3,(H,23,25). The minimum Gasteiger partial charge on any atom is -0.497 e. The van der Waals surface area contributed by atoms with Crippen LogP contribution >= 0.6 is 11.6 Å². The van der Waals surface area contributed by atoms with Crippen molar-refractivity contribution in [1.29, 1.82) is 0 Å². The molecule has 0 aliphatic heterocycles. The normalized spacial score (nSPS) is 11.0. The topological polar surface area (TPSA) is 84.5 Å². The molecule has 0 aliphatic rings. The first-order valence-corrected chi connectivity index (χ1v) is 10.2. The Kier molecular flexibility index (Phi) is 6.05. The molecule has 0 bridgehead atoms. The maximum absolute atomic E-state index is 13.0. The van der Waals surface area contributed by atoms with Crippen molar-refractivity contribution in [3.8, 4) is 5.75 Å². The summed E-state index contributed by atoms with van der Waals surface area (Å²) in [5, 5.41) is 2.74. The second-order valence-corrected chi connectivity index (χ2v) is 8.03. The fraction of sp³-hybridized carbons (Fsp3) is 0.0500. The van der Waals surface area contributed by atoms with Gasteiger partial charge >= 0.3 is 0 Å². The molecule has 29 heavy (non-hydrogen) atoms. The number of hydrogen-bond donors (Lipinski definition) is 2. The summed E-state index contributed by atoms with van der Waals surface area (Å²) in [6, 6.07) is 15.3. The fourth-order valence-corrected chi connectivity index (χ4v) is 3.76. The summed E-state index contributed by atoms with van der Waals surface area (Å²) in [7, 11) is -2.51. The highest BCUT2D eigenvalue weighted by atomic mass is 35.5. The van der Waals surface area contributed by atoms with E-state index in [9.17, 15) is 17.6 Å². The quantitative estimate of drug-likeness (QED) is 0.596. The van der Waals surface area contributed by atoms with Gasteiger partial charge in [0.2, 0.25) is 0 Å². The lowest BCUT2D eigenvalue weighted by Crippen LogP contribution is -2.16. The van der Waals surface area contributed by atoms with Crippen LogP contribution in [0.3, 0.4) is 0 Å². The smallest absolute Gasteiger partial charge is 0.261 e. The highest BCUT2D eigenvalue weighted by Crippen LogP contribution is 2.24. The van der Waals surface area contributed by atoms with Crippen LogP contribution in [-0.2, 0) is 10.0 Å². The first-order chi connectivity index (χ1) is 13.8. The summed E-state index contributed by atoms with van der Waals surface area (Å²) in [5.74, 6) is -0.522. The van der Waals surface area contributed by atoms with E-state index < -0.39 is 21.7 Å². The summed E-state index contributed by atoms with van der Waals surface area (Å²) >= 11 is 6.10. The average molecular weight is 435 g/mol. The molecule has 0 aliphatic carbocycles. The average Bonchev–Trinajstić information content (AvgIpc) is 2.69. The van der Waals surface area contributed by atoms with Gasteiger partial charge in [0, 0.05) is 17.4 Å². The zero-order valence-corrected chi connectivity index (χ0v) is 16.7. The third kappa shape index (κ3) is 5.04. The molecule has 0 atom stereocenters. The molecular weight excluding hydrogens is 419 g/mol. The van der Waals surface area contributed by atoms with Gasteiger partial charge in [-0.3, -0.25) is 9.52 Å². The molecule has 0 aromatic heterocycles. The van der Waals surface area contributed by atoms with Crippen molar-refractivity contribution >= 4 is 38.9 Å². The molecule has 9 heteroatoms. The van der Waals surface area contributed by atoms with Crippen molar-refractivity contribution in [2.24, 2.45) is 0 Å². The van der Waals surface area contributed by atoms with Gasteiger partial charge in [-0.05, 0) is 54.6 Å². The Morgan fingerprint density at radius 2 is 1.72 bits per heavy atom. The highest BCUT2D eigenvalue weighted by Gasteiger charge is 2.19. The predicted molar refractivity (Wildman–Crippen MR) is 110 cm³/mol. The van der Waals surface area contributed by atoms with Crippen molar-refractivity contribution in [2.75, 3.05) is 17.1 Å². The second-order valence-electron chi connectivity index (χ2n) is 5.94. The Morgan fingerprint density at radius 1 is 1.00 bits per heavy atom. The second kappa shape index (κ2) is 8.50. The summed E-state index contributed by atoms with van der Waals surface area (Å²) in [4.78, 5) is 12.5. The van der Waals surface area contributed by atoms with E-state index in [1.54, 1.807) is 24.3 Å². The summed E-state index contributed by atoms with van der Waals surface area (Å²) in [6.45, 7) is 0. The molecular formula is C20H16ClFN2O4S. The van der Waals surface area contributed by atoms with Crippen LogP contribution in [0, 0.1) is 5.82 Å². The molecule has 3 aromatic rings. The summed E-state index contributed by atoms with van der Waals surface area (Å²) in [6.07, 6.45) is 0. The van der Waals surface area contributed by atoms with Crippen LogP contribution in [0.2, 0.25) is 5.02 Å². The number of carbonyl (C=O) groups is 1. The van der Waals surface area contributed by atoms with Crippen molar-refractivity contribution < 1.29 is 22.3 Å². The van der Waals surface area contributed by atoms with Crippen molar-refractivity contribution in [3.63, 3.8) is 0 Å². The van der Waals surface area contributed by atoms with Gasteiger partial charge in [-0.15, -0.1) is 0 Å². The van der Waals surface area contributed by atoms with Gasteiger partial charge < -0.3 is 10.1 Å². The predicted octanol–water partition coefficient (Wildman–Crippen LogP) is 4.54. The maximum atomic E-state index is 13.0. The molecule has 0 saturated heterocycles. The minimum atomic E-state index is -4.01. The van der Waals surface area contributed by atoms with E-state index >= 15 is 0 Å². The molecule has 3 rings (SSSR count). The van der Waals surface area contributed by atoms with Crippen LogP contribution in [0.1, 0.15) is 10.4 Å². The van der Waals surface area contributed by atoms with E-state index in [1.807, 2.05) is 0 Å². The highest BCUT2D eigenvalue weighted by molar-refractivity contribution is 7.92. The molecule has 0 fully saturated rings. The van der Waals surface area contributed by atoms with Gasteiger partial charge in [0.05, 0.1) is 22.6 Å². The van der Waals surface area contributed by atoms with E-state index in [2.05, 4.69) is 10.0 Å². The molecule has 6 nitrogen and oxygen atoms in total. The first-order valence-electron chi connectivity index (χ1n) is 8.32. The molecule has 1 amide bonds. The number of hydrogen-bond acceptors (Lipinski definition) is 4. The van der Waals surface area contributed by atoms with Gasteiger partial charge in [-0.25, -0.2) is 12.8 Å². The SMILES string of the molecule is COc1cccc(NC(=O)c2cc(S(=O)(=O)Nc3ccc(F)cc3)ccc2Cl)c1. The number of carbonyl (C=O) groups excluding carboxylic acids is 1. The molecule has 0 radical (unpaired) electrons. The molecule has 150 valence electrons. The lowest BCUT2D eigenvalue weighted by molar-refractivity contribution is 0.102. The number of sulfonamides is 1. The van der Waals surface area contributed by atoms with E-state index in [0.717, 1.165) is 12.1 Å². The first kappa shape index (κ1) is 20.6. The van der Waals surface area contributed by atoms with Gasteiger partial charge in [0.15, 0.2) is 0 Å². The van der Waals surface area contributed by atoms with Crippen molar-refractivity contribution in [2.45, 2.75) is 4.90 Å². The Bertz CT molecular complexity index is 1150. The van der Waals surface area contributed by atoms with Crippen LogP contribution in [0.25, 0.3) is 0 Å². The fourth-order valence-electron chi connectivity index (χ4n) is 2.48. The van der Waals surface area contributed by atoms with E-state index in [4.69, 9.17) is 16.3 Å². The van der Waals surface area contributed by atoms with Crippen molar-refractivity contribution in [3.05, 3.63) is 83.1 Å². The molecule has 0 saturated carbocycles. The number of halogens is 2. The maximum Gasteiger partial charge on any atom is 0.261 e. The molecule has 0 spiro atoms. The van der Waals surface area contributed by atoms with Gasteiger partial charge in [-0.1, -0.05) is 17.7 Å². The number of anilines is 2. The third-order valence-electron chi connectivity index (χ3n) is 3.92. The zero-order chi connectivity index (χ0) is 21.0. The van der Waals surface area contributed by atoms with E-state index in [-0.39, 0.29) is 21.2 Å². The summed E-state index contributed by atoms with van der Waals surface area (Å²) in [5.41, 5.74) is 0.628. The largest absolute Gasteiger partial charge is 0.497 e. The number of methoxy groups -OCH3 is 1. The van der Waals surface area contributed by atoms with Crippen LogP contribution in [0.4, 0.5) is 15.8 Å². The van der Waals surface area contributed by atoms with Crippen LogP contribution in [0.5, 0.6) is 5.75 Å². The van der Waals surface area contributed by atoms with Gasteiger partial charge in [0.25, 0.3) is 15.9 Å². The third-order valence-corrected chi connectivity index (χ3v) is 5.63. The number of ether oxygens (including phenoxy) is 1. The Balaban J connectivity index is 1.86. The van der Waals surface area contributed by atoms with Crippen molar-refractivity contribution in [1.82, 2.24) is 0 Å². The van der Waals surface area contributed by atoms with Crippen LogP contribution in [0.15, 0.2) is 71.6 Å².